The number of anilines is 1. The van der Waals surface area contributed by atoms with Crippen LogP contribution in [-0.4, -0.2) is 51.0 Å². The fraction of sp³-hybridized carbons (Fsp3) is 0.391. The second-order valence-corrected chi connectivity index (χ2v) is 10.3. The molecule has 12 heteroatoms. The van der Waals surface area contributed by atoms with Crippen LogP contribution >= 0.6 is 11.6 Å². The summed E-state index contributed by atoms with van der Waals surface area (Å²) in [6.45, 7) is 2.71. The first-order valence-corrected chi connectivity index (χ1v) is 12.8. The van der Waals surface area contributed by atoms with Crippen molar-refractivity contribution in [3.05, 3.63) is 64.2 Å². The van der Waals surface area contributed by atoms with Crippen LogP contribution in [0.25, 0.3) is 0 Å². The number of nitrogens with one attached hydrogen (secondary N) is 1. The standard InChI is InChI=1S/C23H27ClF3N3O4S/c1-5-19(22(32)28-3)29(13-16-8-6-15(2)7-9-16)21(31)14-30(35(4,33)34)20-12-17(23(25,26)27)10-11-18(20)24/h6-12,19H,5,13-14H2,1-4H3,(H,28,32). The van der Waals surface area contributed by atoms with Crippen molar-refractivity contribution >= 4 is 39.1 Å². The van der Waals surface area contributed by atoms with E-state index >= 15 is 0 Å². The number of nitrogens with zero attached hydrogens (tertiary/aromatic N) is 2. The molecule has 0 spiro atoms. The number of halogens is 4. The van der Waals surface area contributed by atoms with E-state index in [0.29, 0.717) is 15.9 Å². The van der Waals surface area contributed by atoms with Gasteiger partial charge in [0.15, 0.2) is 0 Å². The Hall–Kier alpha value is -2.79. The Morgan fingerprint density at radius 2 is 1.71 bits per heavy atom. The van der Waals surface area contributed by atoms with Crippen LogP contribution in [-0.2, 0) is 32.3 Å². The van der Waals surface area contributed by atoms with E-state index < -0.39 is 51.9 Å². The Bertz CT molecular complexity index is 1170. The van der Waals surface area contributed by atoms with E-state index in [9.17, 15) is 31.2 Å². The molecule has 2 amide bonds. The molecule has 2 rings (SSSR count). The second kappa shape index (κ2) is 11.3. The van der Waals surface area contributed by atoms with Crippen molar-refractivity contribution in [1.82, 2.24) is 10.2 Å². The van der Waals surface area contributed by atoms with Crippen molar-refractivity contribution in [2.24, 2.45) is 0 Å². The highest BCUT2D eigenvalue weighted by Gasteiger charge is 2.35. The molecule has 0 aliphatic rings. The molecule has 0 saturated heterocycles. The summed E-state index contributed by atoms with van der Waals surface area (Å²) in [5.41, 5.74) is 0.0636. The van der Waals surface area contributed by atoms with Crippen molar-refractivity contribution in [1.29, 1.82) is 0 Å². The predicted octanol–water partition coefficient (Wildman–Crippen LogP) is 3.99. The Balaban J connectivity index is 2.52. The van der Waals surface area contributed by atoms with Crippen molar-refractivity contribution in [2.75, 3.05) is 24.2 Å². The summed E-state index contributed by atoms with van der Waals surface area (Å²) in [6.07, 6.45) is -3.77. The minimum Gasteiger partial charge on any atom is -0.357 e. The third-order valence-corrected chi connectivity index (χ3v) is 6.77. The fourth-order valence-electron chi connectivity index (χ4n) is 3.45. The minimum absolute atomic E-state index is 0.0149. The van der Waals surface area contributed by atoms with Gasteiger partial charge in [0.05, 0.1) is 22.5 Å². The highest BCUT2D eigenvalue weighted by Crippen LogP contribution is 2.36. The number of amides is 2. The Kier molecular flexibility index (Phi) is 9.18. The van der Waals surface area contributed by atoms with Gasteiger partial charge in [-0.2, -0.15) is 13.2 Å². The normalized spacial score (nSPS) is 12.7. The Labute approximate surface area is 207 Å². The summed E-state index contributed by atoms with van der Waals surface area (Å²) in [4.78, 5) is 27.2. The molecule has 0 aliphatic carbocycles. The number of alkyl halides is 3. The second-order valence-electron chi connectivity index (χ2n) is 7.98. The Morgan fingerprint density at radius 3 is 2.20 bits per heavy atom. The zero-order chi connectivity index (χ0) is 26.6. The monoisotopic (exact) mass is 533 g/mol. The molecule has 0 radical (unpaired) electrons. The molecular weight excluding hydrogens is 507 g/mol. The van der Waals surface area contributed by atoms with Gasteiger partial charge in [-0.1, -0.05) is 48.4 Å². The van der Waals surface area contributed by atoms with Crippen LogP contribution < -0.4 is 9.62 Å². The Morgan fingerprint density at radius 1 is 1.11 bits per heavy atom. The van der Waals surface area contributed by atoms with Crippen molar-refractivity contribution in [2.45, 2.75) is 39.0 Å². The summed E-state index contributed by atoms with van der Waals surface area (Å²) in [5, 5.41) is 2.21. The number of rotatable bonds is 9. The maximum Gasteiger partial charge on any atom is 0.416 e. The number of sulfonamides is 1. The lowest BCUT2D eigenvalue weighted by Gasteiger charge is -2.33. The molecule has 1 atom stereocenters. The zero-order valence-electron chi connectivity index (χ0n) is 19.7. The molecule has 0 aliphatic heterocycles. The molecule has 0 fully saturated rings. The predicted molar refractivity (Wildman–Crippen MR) is 129 cm³/mol. The molecule has 7 nitrogen and oxygen atoms in total. The van der Waals surface area contributed by atoms with E-state index in [1.54, 1.807) is 19.1 Å². The number of likely N-dealkylation sites (N-methyl/N-ethyl adjacent to an activating group) is 1. The average molecular weight is 534 g/mol. The summed E-state index contributed by atoms with van der Waals surface area (Å²) >= 11 is 6.05. The first-order valence-electron chi connectivity index (χ1n) is 10.6. The van der Waals surface area contributed by atoms with Crippen molar-refractivity contribution < 1.29 is 31.2 Å². The molecule has 0 saturated carbocycles. The number of carbonyl (C=O) groups excluding carboxylic acids is 2. The topological polar surface area (TPSA) is 86.8 Å². The largest absolute Gasteiger partial charge is 0.416 e. The smallest absolute Gasteiger partial charge is 0.357 e. The van der Waals surface area contributed by atoms with E-state index in [2.05, 4.69) is 5.32 Å². The van der Waals surface area contributed by atoms with Gasteiger partial charge in [-0.25, -0.2) is 8.42 Å². The molecule has 0 bridgehead atoms. The number of aryl methyl sites for hydroxylation is 1. The lowest BCUT2D eigenvalue weighted by molar-refractivity contribution is -0.140. The van der Waals surface area contributed by atoms with Crippen LogP contribution in [0.1, 0.15) is 30.0 Å². The van der Waals surface area contributed by atoms with Gasteiger partial charge < -0.3 is 10.2 Å². The van der Waals surface area contributed by atoms with Gasteiger partial charge in [0.25, 0.3) is 0 Å². The van der Waals surface area contributed by atoms with Crippen LogP contribution in [0.15, 0.2) is 42.5 Å². The van der Waals surface area contributed by atoms with E-state index in [4.69, 9.17) is 11.6 Å². The van der Waals surface area contributed by atoms with Gasteiger partial charge in [-0.05, 0) is 37.1 Å². The molecule has 2 aromatic rings. The number of benzene rings is 2. The highest BCUT2D eigenvalue weighted by molar-refractivity contribution is 7.92. The number of hydrogen-bond acceptors (Lipinski definition) is 4. The van der Waals surface area contributed by atoms with Gasteiger partial charge in [-0.15, -0.1) is 0 Å². The third-order valence-electron chi connectivity index (χ3n) is 5.33. The van der Waals surface area contributed by atoms with Crippen LogP contribution in [0.2, 0.25) is 5.02 Å². The lowest BCUT2D eigenvalue weighted by Crippen LogP contribution is -2.51. The quantitative estimate of drug-likeness (QED) is 0.528. The SMILES string of the molecule is CCC(C(=O)NC)N(Cc1ccc(C)cc1)C(=O)CN(c1cc(C(F)(F)F)ccc1Cl)S(C)(=O)=O. The molecule has 0 aromatic heterocycles. The molecule has 35 heavy (non-hydrogen) atoms. The third kappa shape index (κ3) is 7.35. The van der Waals surface area contributed by atoms with Crippen molar-refractivity contribution in [3.63, 3.8) is 0 Å². The van der Waals surface area contributed by atoms with E-state index in [1.807, 2.05) is 19.1 Å². The molecule has 1 N–H and O–H groups in total. The summed E-state index contributed by atoms with van der Waals surface area (Å²) in [7, 11) is -2.83. The van der Waals surface area contributed by atoms with E-state index in [0.717, 1.165) is 24.0 Å². The molecular formula is C23H27ClF3N3O4S. The van der Waals surface area contributed by atoms with E-state index in [-0.39, 0.29) is 18.0 Å². The lowest BCUT2D eigenvalue weighted by atomic mass is 10.1. The maximum atomic E-state index is 13.4. The molecule has 1 unspecified atom stereocenters. The van der Waals surface area contributed by atoms with Gasteiger partial charge in [0, 0.05) is 13.6 Å². The van der Waals surface area contributed by atoms with E-state index in [1.165, 1.54) is 11.9 Å². The van der Waals surface area contributed by atoms with Crippen LogP contribution in [0, 0.1) is 6.92 Å². The average Bonchev–Trinajstić information content (AvgIpc) is 2.77. The first kappa shape index (κ1) is 28.4. The fourth-order valence-corrected chi connectivity index (χ4v) is 4.57. The molecule has 0 heterocycles. The van der Waals surface area contributed by atoms with Gasteiger partial charge in [-0.3, -0.25) is 13.9 Å². The minimum atomic E-state index is -4.75. The number of hydrogen-bond donors (Lipinski definition) is 1. The van der Waals surface area contributed by atoms with Crippen LogP contribution in [0.3, 0.4) is 0 Å². The zero-order valence-corrected chi connectivity index (χ0v) is 21.3. The van der Waals surface area contributed by atoms with Crippen LogP contribution in [0.4, 0.5) is 18.9 Å². The molecule has 2 aromatic carbocycles. The summed E-state index contributed by atoms with van der Waals surface area (Å²) in [6, 6.07) is 8.47. The summed E-state index contributed by atoms with van der Waals surface area (Å²) in [5.74, 6) is -1.24. The molecule has 192 valence electrons. The van der Waals surface area contributed by atoms with Gasteiger partial charge in [0.1, 0.15) is 12.6 Å². The highest BCUT2D eigenvalue weighted by atomic mass is 35.5. The number of carbonyl (C=O) groups is 2. The summed E-state index contributed by atoms with van der Waals surface area (Å²) < 4.78 is 65.5. The maximum absolute atomic E-state index is 13.4. The van der Waals surface area contributed by atoms with Crippen LogP contribution in [0.5, 0.6) is 0 Å². The van der Waals surface area contributed by atoms with Crippen molar-refractivity contribution in [3.8, 4) is 0 Å². The van der Waals surface area contributed by atoms with Gasteiger partial charge >= 0.3 is 6.18 Å². The van der Waals surface area contributed by atoms with Gasteiger partial charge in [0.2, 0.25) is 21.8 Å². The first-order chi connectivity index (χ1) is 16.2.